The SMILES string of the molecule is CCCCCCCCCCCCc1ccc(S(=O)(=O)N(C)c2ccc(F)cc2F)cc1.[Ti]. The van der Waals surface area contributed by atoms with E-state index >= 15 is 0 Å². The van der Waals surface area contributed by atoms with Crippen molar-refractivity contribution in [1.82, 2.24) is 0 Å². The minimum absolute atomic E-state index is 0. The Balaban J connectivity index is 0.00000512. The molecule has 7 heteroatoms. The van der Waals surface area contributed by atoms with Crippen molar-refractivity contribution in [2.75, 3.05) is 11.4 Å². The first-order chi connectivity index (χ1) is 14.9. The van der Waals surface area contributed by atoms with Crippen molar-refractivity contribution in [3.05, 3.63) is 59.7 Å². The van der Waals surface area contributed by atoms with Crippen molar-refractivity contribution in [1.29, 1.82) is 0 Å². The van der Waals surface area contributed by atoms with Crippen molar-refractivity contribution in [3.8, 4) is 0 Å². The van der Waals surface area contributed by atoms with Crippen molar-refractivity contribution in [3.63, 3.8) is 0 Å². The molecule has 0 aliphatic carbocycles. The van der Waals surface area contributed by atoms with Crippen LogP contribution in [0.25, 0.3) is 0 Å². The second-order valence-corrected chi connectivity index (χ2v) is 10.1. The van der Waals surface area contributed by atoms with Crippen LogP contribution < -0.4 is 4.31 Å². The van der Waals surface area contributed by atoms with E-state index < -0.39 is 21.7 Å². The van der Waals surface area contributed by atoms with Gasteiger partial charge in [0.25, 0.3) is 10.0 Å². The molecule has 0 bridgehead atoms. The minimum atomic E-state index is -3.92. The molecule has 0 saturated carbocycles. The van der Waals surface area contributed by atoms with Crippen molar-refractivity contribution in [2.45, 2.75) is 82.4 Å². The van der Waals surface area contributed by atoms with E-state index in [0.29, 0.717) is 6.07 Å². The fourth-order valence-corrected chi connectivity index (χ4v) is 4.87. The molecular formula is C25H35F2NO2STi. The molecule has 32 heavy (non-hydrogen) atoms. The molecule has 2 aromatic rings. The Morgan fingerprint density at radius 2 is 1.31 bits per heavy atom. The number of nitrogens with zero attached hydrogens (tertiary/aromatic N) is 1. The van der Waals surface area contributed by atoms with Gasteiger partial charge in [0.1, 0.15) is 11.6 Å². The maximum absolute atomic E-state index is 14.0. The molecule has 0 atom stereocenters. The number of rotatable bonds is 14. The summed E-state index contributed by atoms with van der Waals surface area (Å²) in [6.07, 6.45) is 13.7. The molecular weight excluding hydrogens is 464 g/mol. The smallest absolute Gasteiger partial charge is 0.264 e. The standard InChI is InChI=1S/C25H35F2NO2S.Ti/c1-3-4-5-6-7-8-9-10-11-12-13-21-14-17-23(18-15-21)31(29,30)28(2)25-19-16-22(26)20-24(25)27;/h14-20H,3-13H2,1-2H3;. The number of unbranched alkanes of at least 4 members (excludes halogenated alkanes) is 9. The quantitative estimate of drug-likeness (QED) is 0.203. The number of anilines is 1. The van der Waals surface area contributed by atoms with Gasteiger partial charge in [0.2, 0.25) is 0 Å². The number of hydrogen-bond donors (Lipinski definition) is 0. The summed E-state index contributed by atoms with van der Waals surface area (Å²) in [5, 5.41) is 0. The van der Waals surface area contributed by atoms with Crippen LogP contribution in [0.15, 0.2) is 47.4 Å². The van der Waals surface area contributed by atoms with Crippen LogP contribution in [0.4, 0.5) is 14.5 Å². The van der Waals surface area contributed by atoms with Gasteiger partial charge in [0.05, 0.1) is 10.6 Å². The summed E-state index contributed by atoms with van der Waals surface area (Å²) in [6.45, 7) is 2.24. The van der Waals surface area contributed by atoms with E-state index in [1.54, 1.807) is 12.1 Å². The number of aryl methyl sites for hydroxylation is 1. The average Bonchev–Trinajstić information content (AvgIpc) is 2.75. The summed E-state index contributed by atoms with van der Waals surface area (Å²) in [6, 6.07) is 9.58. The van der Waals surface area contributed by atoms with Crippen LogP contribution in [-0.4, -0.2) is 15.5 Å². The van der Waals surface area contributed by atoms with Gasteiger partial charge >= 0.3 is 0 Å². The molecule has 0 amide bonds. The van der Waals surface area contributed by atoms with Gasteiger partial charge in [0, 0.05) is 34.8 Å². The van der Waals surface area contributed by atoms with E-state index in [-0.39, 0.29) is 32.3 Å². The number of halogens is 2. The van der Waals surface area contributed by atoms with Gasteiger partial charge in [-0.1, -0.05) is 76.8 Å². The van der Waals surface area contributed by atoms with E-state index in [0.717, 1.165) is 34.8 Å². The molecule has 0 aliphatic rings. The Kier molecular flexibility index (Phi) is 13.3. The van der Waals surface area contributed by atoms with Crippen molar-refractivity contribution in [2.24, 2.45) is 0 Å². The van der Waals surface area contributed by atoms with E-state index in [4.69, 9.17) is 0 Å². The number of hydrogen-bond acceptors (Lipinski definition) is 2. The van der Waals surface area contributed by atoms with Crippen molar-refractivity contribution >= 4 is 15.7 Å². The maximum atomic E-state index is 14.0. The maximum Gasteiger partial charge on any atom is 0.264 e. The summed E-state index contributed by atoms with van der Waals surface area (Å²) in [5.74, 6) is -1.66. The molecule has 0 saturated heterocycles. The van der Waals surface area contributed by atoms with Crippen LogP contribution in [0, 0.1) is 11.6 Å². The number of benzene rings is 2. The molecule has 0 radical (unpaired) electrons. The second-order valence-electron chi connectivity index (χ2n) is 8.14. The summed E-state index contributed by atoms with van der Waals surface area (Å²) in [5.41, 5.74) is 0.907. The molecule has 3 nitrogen and oxygen atoms in total. The summed E-state index contributed by atoms with van der Waals surface area (Å²) in [4.78, 5) is 0.0885. The van der Waals surface area contributed by atoms with Crippen LogP contribution in [-0.2, 0) is 38.2 Å². The molecule has 0 heterocycles. The van der Waals surface area contributed by atoms with Crippen LogP contribution in [0.2, 0.25) is 0 Å². The third kappa shape index (κ3) is 8.95. The molecule has 0 aromatic heterocycles. The molecule has 176 valence electrons. The molecule has 2 aromatic carbocycles. The molecule has 0 aliphatic heterocycles. The fraction of sp³-hybridized carbons (Fsp3) is 0.520. The Bertz CT molecular complexity index is 905. The molecule has 0 spiro atoms. The van der Waals surface area contributed by atoms with E-state index in [2.05, 4.69) is 6.92 Å². The van der Waals surface area contributed by atoms with Crippen LogP contribution in [0.5, 0.6) is 0 Å². The molecule has 0 unspecified atom stereocenters. The monoisotopic (exact) mass is 499 g/mol. The van der Waals surface area contributed by atoms with Gasteiger partial charge < -0.3 is 0 Å². The van der Waals surface area contributed by atoms with E-state index in [1.165, 1.54) is 64.8 Å². The predicted octanol–water partition coefficient (Wildman–Crippen LogP) is 7.25. The van der Waals surface area contributed by atoms with Gasteiger partial charge in [0.15, 0.2) is 0 Å². The van der Waals surface area contributed by atoms with Gasteiger partial charge in [-0.15, -0.1) is 0 Å². The Hall–Kier alpha value is -1.24. The van der Waals surface area contributed by atoms with E-state index in [9.17, 15) is 17.2 Å². The van der Waals surface area contributed by atoms with Crippen LogP contribution in [0.1, 0.15) is 76.7 Å². The predicted molar refractivity (Wildman–Crippen MR) is 124 cm³/mol. The Morgan fingerprint density at radius 1 is 0.781 bits per heavy atom. The minimum Gasteiger partial charge on any atom is -0.266 e. The molecule has 0 N–H and O–H groups in total. The summed E-state index contributed by atoms with van der Waals surface area (Å²) in [7, 11) is -2.65. The first kappa shape index (κ1) is 28.8. The topological polar surface area (TPSA) is 37.4 Å². The Labute approximate surface area is 207 Å². The zero-order valence-corrected chi connectivity index (χ0v) is 21.6. The van der Waals surface area contributed by atoms with E-state index in [1.807, 2.05) is 12.1 Å². The average molecular weight is 499 g/mol. The molecule has 0 fully saturated rings. The summed E-state index contributed by atoms with van der Waals surface area (Å²) < 4.78 is 53.5. The normalized spacial score (nSPS) is 11.2. The van der Waals surface area contributed by atoms with Crippen LogP contribution in [0.3, 0.4) is 0 Å². The second kappa shape index (κ2) is 14.8. The number of sulfonamides is 1. The zero-order chi connectivity index (χ0) is 22.7. The third-order valence-corrected chi connectivity index (χ3v) is 7.44. The van der Waals surface area contributed by atoms with Gasteiger partial charge in [-0.2, -0.15) is 0 Å². The van der Waals surface area contributed by atoms with Crippen LogP contribution >= 0.6 is 0 Å². The third-order valence-electron chi connectivity index (χ3n) is 5.65. The first-order valence-corrected chi connectivity index (χ1v) is 12.8. The van der Waals surface area contributed by atoms with Crippen molar-refractivity contribution < 1.29 is 38.9 Å². The first-order valence-electron chi connectivity index (χ1n) is 11.4. The van der Waals surface area contributed by atoms with Gasteiger partial charge in [-0.05, 0) is 42.7 Å². The van der Waals surface area contributed by atoms with Gasteiger partial charge in [-0.25, -0.2) is 17.2 Å². The molecule has 2 rings (SSSR count). The zero-order valence-electron chi connectivity index (χ0n) is 19.2. The fourth-order valence-electron chi connectivity index (χ4n) is 3.67. The summed E-state index contributed by atoms with van der Waals surface area (Å²) >= 11 is 0. The largest absolute Gasteiger partial charge is 0.266 e. The Morgan fingerprint density at radius 3 is 1.84 bits per heavy atom. The van der Waals surface area contributed by atoms with Gasteiger partial charge in [-0.3, -0.25) is 4.31 Å².